The highest BCUT2D eigenvalue weighted by Gasteiger charge is 2.09. The molecule has 0 unspecified atom stereocenters. The van der Waals surface area contributed by atoms with Crippen molar-refractivity contribution in [2.75, 3.05) is 11.9 Å². The molecule has 1 aromatic heterocycles. The fourth-order valence-electron chi connectivity index (χ4n) is 2.62. The molecule has 0 aliphatic carbocycles. The molecule has 0 aliphatic rings. The van der Waals surface area contributed by atoms with Gasteiger partial charge in [0.1, 0.15) is 5.82 Å². The SMILES string of the molecule is Cn1c(CNC(=O)CCNC(=O)Nc2ccc(Br)cc2)nc2ccccc21. The van der Waals surface area contributed by atoms with Crippen molar-refractivity contribution in [2.24, 2.45) is 7.05 Å². The van der Waals surface area contributed by atoms with Crippen LogP contribution in [0.25, 0.3) is 11.0 Å². The average Bonchev–Trinajstić information content (AvgIpc) is 2.98. The van der Waals surface area contributed by atoms with E-state index in [2.05, 4.69) is 36.9 Å². The van der Waals surface area contributed by atoms with Crippen LogP contribution in [0.4, 0.5) is 10.5 Å². The molecule has 2 aromatic carbocycles. The van der Waals surface area contributed by atoms with E-state index in [1.807, 2.05) is 48.0 Å². The topological polar surface area (TPSA) is 88.0 Å². The molecule has 27 heavy (non-hydrogen) atoms. The molecule has 3 aromatic rings. The average molecular weight is 430 g/mol. The zero-order valence-corrected chi connectivity index (χ0v) is 16.4. The van der Waals surface area contributed by atoms with Crippen LogP contribution in [0.2, 0.25) is 0 Å². The molecule has 0 bridgehead atoms. The fourth-order valence-corrected chi connectivity index (χ4v) is 2.88. The number of hydrogen-bond donors (Lipinski definition) is 3. The number of imidazole rings is 1. The Kier molecular flexibility index (Phi) is 6.08. The minimum Gasteiger partial charge on any atom is -0.349 e. The summed E-state index contributed by atoms with van der Waals surface area (Å²) in [6.07, 6.45) is 0.192. The summed E-state index contributed by atoms with van der Waals surface area (Å²) in [5.41, 5.74) is 2.60. The maximum Gasteiger partial charge on any atom is 0.319 e. The number of carbonyl (C=O) groups excluding carboxylic acids is 2. The van der Waals surface area contributed by atoms with Crippen LogP contribution < -0.4 is 16.0 Å². The highest BCUT2D eigenvalue weighted by Crippen LogP contribution is 2.14. The monoisotopic (exact) mass is 429 g/mol. The summed E-state index contributed by atoms with van der Waals surface area (Å²) in [4.78, 5) is 28.3. The van der Waals surface area contributed by atoms with E-state index in [-0.39, 0.29) is 24.9 Å². The second-order valence-corrected chi connectivity index (χ2v) is 6.91. The van der Waals surface area contributed by atoms with Crippen molar-refractivity contribution in [3.63, 3.8) is 0 Å². The quantitative estimate of drug-likeness (QED) is 0.562. The maximum atomic E-state index is 12.0. The van der Waals surface area contributed by atoms with Crippen LogP contribution in [0.3, 0.4) is 0 Å². The molecule has 0 radical (unpaired) electrons. The van der Waals surface area contributed by atoms with Crippen molar-refractivity contribution < 1.29 is 9.59 Å². The summed E-state index contributed by atoms with van der Waals surface area (Å²) < 4.78 is 2.89. The molecule has 0 spiro atoms. The standard InChI is InChI=1S/C19H20BrN5O2/c1-25-16-5-3-2-4-15(16)24-17(25)12-22-18(26)10-11-21-19(27)23-14-8-6-13(20)7-9-14/h2-9H,10-12H2,1H3,(H,22,26)(H2,21,23,27). The van der Waals surface area contributed by atoms with E-state index in [1.54, 1.807) is 12.1 Å². The van der Waals surface area contributed by atoms with Crippen LogP contribution >= 0.6 is 15.9 Å². The maximum absolute atomic E-state index is 12.0. The number of urea groups is 1. The van der Waals surface area contributed by atoms with Crippen molar-refractivity contribution in [3.05, 3.63) is 58.8 Å². The van der Waals surface area contributed by atoms with Crippen molar-refractivity contribution >= 4 is 44.6 Å². The molecular weight excluding hydrogens is 410 g/mol. The highest BCUT2D eigenvalue weighted by atomic mass is 79.9. The first-order valence-electron chi connectivity index (χ1n) is 8.50. The number of nitrogens with one attached hydrogen (secondary N) is 3. The van der Waals surface area contributed by atoms with Crippen LogP contribution in [0.5, 0.6) is 0 Å². The number of hydrogen-bond acceptors (Lipinski definition) is 3. The van der Waals surface area contributed by atoms with Crippen molar-refractivity contribution in [3.8, 4) is 0 Å². The highest BCUT2D eigenvalue weighted by molar-refractivity contribution is 9.10. The Labute approximate surface area is 165 Å². The summed E-state index contributed by atoms with van der Waals surface area (Å²) in [5.74, 6) is 0.636. The number of para-hydroxylation sites is 2. The van der Waals surface area contributed by atoms with Gasteiger partial charge in [0.15, 0.2) is 0 Å². The van der Waals surface area contributed by atoms with Crippen LogP contribution in [-0.4, -0.2) is 28.0 Å². The van der Waals surface area contributed by atoms with Crippen molar-refractivity contribution in [2.45, 2.75) is 13.0 Å². The number of anilines is 1. The van der Waals surface area contributed by atoms with Gasteiger partial charge in [-0.15, -0.1) is 0 Å². The first-order valence-corrected chi connectivity index (χ1v) is 9.29. The number of rotatable bonds is 6. The predicted molar refractivity (Wildman–Crippen MR) is 108 cm³/mol. The summed E-state index contributed by atoms with van der Waals surface area (Å²) in [7, 11) is 1.92. The van der Waals surface area contributed by atoms with E-state index in [0.717, 1.165) is 21.3 Å². The summed E-state index contributed by atoms with van der Waals surface area (Å²) >= 11 is 3.34. The lowest BCUT2D eigenvalue weighted by molar-refractivity contribution is -0.121. The van der Waals surface area contributed by atoms with Crippen LogP contribution in [0, 0.1) is 0 Å². The first kappa shape index (κ1) is 18.9. The number of fused-ring (bicyclic) bond motifs is 1. The van der Waals surface area contributed by atoms with Gasteiger partial charge >= 0.3 is 6.03 Å². The lowest BCUT2D eigenvalue weighted by Crippen LogP contribution is -2.33. The van der Waals surface area contributed by atoms with Crippen molar-refractivity contribution in [1.82, 2.24) is 20.2 Å². The molecule has 0 saturated carbocycles. The number of aryl methyl sites for hydroxylation is 1. The third kappa shape index (κ3) is 5.07. The van der Waals surface area contributed by atoms with Gasteiger partial charge in [0, 0.05) is 30.2 Å². The van der Waals surface area contributed by atoms with Crippen molar-refractivity contribution in [1.29, 1.82) is 0 Å². The summed E-state index contributed by atoms with van der Waals surface area (Å²) in [5, 5.41) is 8.20. The zero-order chi connectivity index (χ0) is 19.2. The van der Waals surface area contributed by atoms with Gasteiger partial charge in [-0.2, -0.15) is 0 Å². The van der Waals surface area contributed by atoms with Crippen LogP contribution in [-0.2, 0) is 18.4 Å². The number of benzene rings is 2. The molecule has 0 saturated heterocycles. The predicted octanol–water partition coefficient (Wildman–Crippen LogP) is 3.16. The van der Waals surface area contributed by atoms with Crippen LogP contribution in [0.15, 0.2) is 53.0 Å². The van der Waals surface area contributed by atoms with E-state index in [1.165, 1.54) is 0 Å². The van der Waals surface area contributed by atoms with E-state index in [4.69, 9.17) is 0 Å². The second kappa shape index (κ2) is 8.68. The molecule has 8 heteroatoms. The Balaban J connectivity index is 1.41. The molecule has 140 valence electrons. The second-order valence-electron chi connectivity index (χ2n) is 5.99. The van der Waals surface area contributed by atoms with Gasteiger partial charge in [-0.3, -0.25) is 4.79 Å². The Morgan fingerprint density at radius 1 is 1.07 bits per heavy atom. The number of nitrogens with zero attached hydrogens (tertiary/aromatic N) is 2. The lowest BCUT2D eigenvalue weighted by Gasteiger charge is -2.08. The number of aromatic nitrogens is 2. The molecule has 7 nitrogen and oxygen atoms in total. The van der Waals surface area contributed by atoms with E-state index >= 15 is 0 Å². The zero-order valence-electron chi connectivity index (χ0n) is 14.8. The third-order valence-electron chi connectivity index (χ3n) is 4.06. The number of halogens is 1. The van der Waals surface area contributed by atoms with Gasteiger partial charge in [0.05, 0.1) is 17.6 Å². The van der Waals surface area contributed by atoms with Gasteiger partial charge in [0.2, 0.25) is 5.91 Å². The van der Waals surface area contributed by atoms with E-state index in [9.17, 15) is 9.59 Å². The molecule has 0 atom stereocenters. The summed E-state index contributed by atoms with van der Waals surface area (Å²) in [6.45, 7) is 0.589. The molecule has 0 aliphatic heterocycles. The van der Waals surface area contributed by atoms with E-state index in [0.29, 0.717) is 12.2 Å². The number of amides is 3. The van der Waals surface area contributed by atoms with Gasteiger partial charge in [0.25, 0.3) is 0 Å². The fraction of sp³-hybridized carbons (Fsp3) is 0.211. The number of carbonyl (C=O) groups is 2. The Morgan fingerprint density at radius 3 is 2.56 bits per heavy atom. The van der Waals surface area contributed by atoms with Crippen LogP contribution in [0.1, 0.15) is 12.2 Å². The Morgan fingerprint density at radius 2 is 1.81 bits per heavy atom. The molecule has 3 rings (SSSR count). The van der Waals surface area contributed by atoms with Gasteiger partial charge in [-0.1, -0.05) is 28.1 Å². The van der Waals surface area contributed by atoms with E-state index < -0.39 is 0 Å². The largest absolute Gasteiger partial charge is 0.349 e. The minimum absolute atomic E-state index is 0.147. The van der Waals surface area contributed by atoms with Gasteiger partial charge in [-0.05, 0) is 36.4 Å². The molecule has 0 fully saturated rings. The molecule has 3 amide bonds. The van der Waals surface area contributed by atoms with Gasteiger partial charge in [-0.25, -0.2) is 9.78 Å². The first-order chi connectivity index (χ1) is 13.0. The smallest absolute Gasteiger partial charge is 0.319 e. The minimum atomic E-state index is -0.347. The van der Waals surface area contributed by atoms with Gasteiger partial charge < -0.3 is 20.5 Å². The normalized spacial score (nSPS) is 10.6. The molecular formula is C19H20BrN5O2. The summed E-state index contributed by atoms with van der Waals surface area (Å²) in [6, 6.07) is 14.7. The lowest BCUT2D eigenvalue weighted by atomic mass is 10.3. The molecule has 1 heterocycles. The molecule has 3 N–H and O–H groups in total. The Bertz CT molecular complexity index is 952. The third-order valence-corrected chi connectivity index (χ3v) is 4.59. The Hall–Kier alpha value is -2.87.